The number of hydrogen-bond acceptors (Lipinski definition) is 4. The van der Waals surface area contributed by atoms with Crippen molar-refractivity contribution in [3.63, 3.8) is 0 Å². The van der Waals surface area contributed by atoms with Crippen molar-refractivity contribution in [3.05, 3.63) is 0 Å². The Morgan fingerprint density at radius 1 is 0.643 bits per heavy atom. The second kappa shape index (κ2) is 20.7. The summed E-state index contributed by atoms with van der Waals surface area (Å²) in [5.41, 5.74) is 0. The van der Waals surface area contributed by atoms with Crippen LogP contribution in [-0.4, -0.2) is 24.6 Å². The molecule has 0 aromatic carbocycles. The van der Waals surface area contributed by atoms with Gasteiger partial charge in [-0.15, -0.1) is 0 Å². The molecule has 0 saturated carbocycles. The quantitative estimate of drug-likeness (QED) is 0.162. The Kier molecular flexibility index (Phi) is 19.9. The summed E-state index contributed by atoms with van der Waals surface area (Å²) in [7, 11) is 0. The van der Waals surface area contributed by atoms with Gasteiger partial charge in [-0.25, -0.2) is 0 Å². The topological polar surface area (TPSA) is 52.6 Å². The van der Waals surface area contributed by atoms with Crippen molar-refractivity contribution in [2.45, 2.75) is 136 Å². The molecule has 0 aromatic rings. The maximum absolute atomic E-state index is 11.8. The third kappa shape index (κ3) is 19.7. The molecule has 0 rings (SSSR count). The average molecular weight is 399 g/mol. The zero-order chi connectivity index (χ0) is 20.9. The van der Waals surface area contributed by atoms with Crippen LogP contribution in [0, 0.1) is 0 Å². The molecule has 0 fully saturated rings. The van der Waals surface area contributed by atoms with Crippen molar-refractivity contribution >= 4 is 11.9 Å². The minimum atomic E-state index is -0.0493. The van der Waals surface area contributed by atoms with Crippen LogP contribution in [0.25, 0.3) is 0 Å². The molecule has 4 heteroatoms. The standard InChI is InChI=1S/C24H46O4/c1-4-6-8-11-16-20-24(26)28-22(3)18-14-12-10-13-15-19-23(25)27-21-17-9-7-5-2/h22H,4-21H2,1-3H3. The summed E-state index contributed by atoms with van der Waals surface area (Å²) in [5.74, 6) is -0.0936. The monoisotopic (exact) mass is 398 g/mol. The molecule has 4 nitrogen and oxygen atoms in total. The van der Waals surface area contributed by atoms with E-state index < -0.39 is 0 Å². The van der Waals surface area contributed by atoms with E-state index in [9.17, 15) is 9.59 Å². The molecule has 1 atom stereocenters. The van der Waals surface area contributed by atoms with Crippen LogP contribution < -0.4 is 0 Å². The fraction of sp³-hybridized carbons (Fsp3) is 0.917. The Morgan fingerprint density at radius 3 is 1.79 bits per heavy atom. The summed E-state index contributed by atoms with van der Waals surface area (Å²) in [6, 6.07) is 0. The minimum absolute atomic E-state index is 0.0193. The summed E-state index contributed by atoms with van der Waals surface area (Å²) < 4.78 is 10.7. The van der Waals surface area contributed by atoms with Crippen LogP contribution in [0.1, 0.15) is 130 Å². The van der Waals surface area contributed by atoms with Crippen molar-refractivity contribution in [2.24, 2.45) is 0 Å². The van der Waals surface area contributed by atoms with E-state index in [1.165, 1.54) is 32.1 Å². The Bertz CT molecular complexity index is 368. The van der Waals surface area contributed by atoms with Gasteiger partial charge in [0.1, 0.15) is 0 Å². The van der Waals surface area contributed by atoms with Gasteiger partial charge in [0.2, 0.25) is 0 Å². The molecule has 0 bridgehead atoms. The normalized spacial score (nSPS) is 12.0. The molecule has 0 aliphatic carbocycles. The van der Waals surface area contributed by atoms with Gasteiger partial charge in [-0.2, -0.15) is 0 Å². The number of hydrogen-bond donors (Lipinski definition) is 0. The smallest absolute Gasteiger partial charge is 0.306 e. The molecule has 0 heterocycles. The van der Waals surface area contributed by atoms with Gasteiger partial charge in [0, 0.05) is 12.8 Å². The van der Waals surface area contributed by atoms with Gasteiger partial charge >= 0.3 is 11.9 Å². The largest absolute Gasteiger partial charge is 0.466 e. The van der Waals surface area contributed by atoms with Crippen molar-refractivity contribution in [1.29, 1.82) is 0 Å². The Morgan fingerprint density at radius 2 is 1.14 bits per heavy atom. The highest BCUT2D eigenvalue weighted by Gasteiger charge is 2.09. The van der Waals surface area contributed by atoms with E-state index in [2.05, 4.69) is 13.8 Å². The Hall–Kier alpha value is -1.06. The number of esters is 2. The van der Waals surface area contributed by atoms with Crippen LogP contribution in [0.2, 0.25) is 0 Å². The molecule has 28 heavy (non-hydrogen) atoms. The predicted octanol–water partition coefficient (Wildman–Crippen LogP) is 7.13. The summed E-state index contributed by atoms with van der Waals surface area (Å²) >= 11 is 0. The van der Waals surface area contributed by atoms with Crippen molar-refractivity contribution in [3.8, 4) is 0 Å². The van der Waals surface area contributed by atoms with E-state index in [1.807, 2.05) is 6.92 Å². The van der Waals surface area contributed by atoms with Gasteiger partial charge in [0.05, 0.1) is 12.7 Å². The highest BCUT2D eigenvalue weighted by molar-refractivity contribution is 5.69. The SMILES string of the molecule is CCCCCCCC(=O)OC(C)CCCCCCCC(=O)OCCCCCC. The molecular formula is C24H46O4. The summed E-state index contributed by atoms with van der Waals surface area (Å²) in [6.45, 7) is 6.94. The van der Waals surface area contributed by atoms with Crippen molar-refractivity contribution in [1.82, 2.24) is 0 Å². The zero-order valence-corrected chi connectivity index (χ0v) is 18.9. The first-order chi connectivity index (χ1) is 13.6. The van der Waals surface area contributed by atoms with E-state index in [1.54, 1.807) is 0 Å². The highest BCUT2D eigenvalue weighted by Crippen LogP contribution is 2.12. The van der Waals surface area contributed by atoms with Gasteiger partial charge in [-0.05, 0) is 39.0 Å². The molecule has 166 valence electrons. The minimum Gasteiger partial charge on any atom is -0.466 e. The van der Waals surface area contributed by atoms with Crippen LogP contribution in [0.4, 0.5) is 0 Å². The van der Waals surface area contributed by atoms with E-state index in [0.717, 1.165) is 64.2 Å². The maximum atomic E-state index is 11.8. The number of carbonyl (C=O) groups excluding carboxylic acids is 2. The molecule has 0 saturated heterocycles. The van der Waals surface area contributed by atoms with Gasteiger partial charge in [0.25, 0.3) is 0 Å². The molecule has 0 N–H and O–H groups in total. The van der Waals surface area contributed by atoms with E-state index >= 15 is 0 Å². The second-order valence-electron chi connectivity index (χ2n) is 8.05. The van der Waals surface area contributed by atoms with E-state index in [4.69, 9.17) is 9.47 Å². The summed E-state index contributed by atoms with van der Waals surface area (Å²) in [5, 5.41) is 0. The van der Waals surface area contributed by atoms with Gasteiger partial charge in [-0.1, -0.05) is 78.1 Å². The Labute approximate surface area is 174 Å². The van der Waals surface area contributed by atoms with Crippen molar-refractivity contribution in [2.75, 3.05) is 6.61 Å². The maximum Gasteiger partial charge on any atom is 0.306 e. The molecule has 0 aliphatic heterocycles. The first-order valence-corrected chi connectivity index (χ1v) is 11.9. The molecule has 1 unspecified atom stereocenters. The summed E-state index contributed by atoms with van der Waals surface area (Å²) in [4.78, 5) is 23.4. The Balaban J connectivity index is 3.40. The van der Waals surface area contributed by atoms with Crippen molar-refractivity contribution < 1.29 is 19.1 Å². The van der Waals surface area contributed by atoms with Crippen LogP contribution in [-0.2, 0) is 19.1 Å². The summed E-state index contributed by atoms with van der Waals surface area (Å²) in [6.07, 6.45) is 17.7. The molecule has 0 radical (unpaired) electrons. The van der Waals surface area contributed by atoms with Crippen LogP contribution in [0.3, 0.4) is 0 Å². The third-order valence-electron chi connectivity index (χ3n) is 5.07. The third-order valence-corrected chi connectivity index (χ3v) is 5.07. The predicted molar refractivity (Wildman–Crippen MR) is 116 cm³/mol. The second-order valence-corrected chi connectivity index (χ2v) is 8.05. The lowest BCUT2D eigenvalue weighted by atomic mass is 10.1. The molecule has 0 amide bonds. The van der Waals surface area contributed by atoms with E-state index in [0.29, 0.717) is 19.4 Å². The first-order valence-electron chi connectivity index (χ1n) is 11.9. The van der Waals surface area contributed by atoms with E-state index in [-0.39, 0.29) is 18.0 Å². The average Bonchev–Trinajstić information content (AvgIpc) is 2.66. The van der Waals surface area contributed by atoms with Gasteiger partial charge in [-0.3, -0.25) is 9.59 Å². The molecule has 0 spiro atoms. The lowest BCUT2D eigenvalue weighted by Gasteiger charge is -2.13. The van der Waals surface area contributed by atoms with Crippen LogP contribution >= 0.6 is 0 Å². The van der Waals surface area contributed by atoms with Gasteiger partial charge < -0.3 is 9.47 Å². The molecule has 0 aliphatic rings. The fourth-order valence-corrected chi connectivity index (χ4v) is 3.23. The van der Waals surface area contributed by atoms with Crippen LogP contribution in [0.5, 0.6) is 0 Å². The zero-order valence-electron chi connectivity index (χ0n) is 18.9. The number of ether oxygens (including phenoxy) is 2. The molecular weight excluding hydrogens is 352 g/mol. The number of unbranched alkanes of at least 4 members (excludes halogenated alkanes) is 11. The van der Waals surface area contributed by atoms with Crippen LogP contribution in [0.15, 0.2) is 0 Å². The number of carbonyl (C=O) groups is 2. The van der Waals surface area contributed by atoms with Gasteiger partial charge in [0.15, 0.2) is 0 Å². The fourth-order valence-electron chi connectivity index (χ4n) is 3.23. The lowest BCUT2D eigenvalue weighted by Crippen LogP contribution is -2.14. The molecule has 0 aromatic heterocycles. The lowest BCUT2D eigenvalue weighted by molar-refractivity contribution is -0.148. The first kappa shape index (κ1) is 26.9. The number of rotatable bonds is 20. The highest BCUT2D eigenvalue weighted by atomic mass is 16.5.